The summed E-state index contributed by atoms with van der Waals surface area (Å²) >= 11 is 0. The first-order valence-corrected chi connectivity index (χ1v) is 7.61. The molecular weight excluding hydrogens is 246 g/mol. The van der Waals surface area contributed by atoms with Crippen LogP contribution >= 0.6 is 0 Å². The third-order valence-electron chi connectivity index (χ3n) is 4.10. The van der Waals surface area contributed by atoms with Crippen molar-refractivity contribution in [1.82, 2.24) is 15.2 Å². The average molecular weight is 269 g/mol. The van der Waals surface area contributed by atoms with Crippen LogP contribution in [0.15, 0.2) is 36.5 Å². The first-order chi connectivity index (χ1) is 9.83. The average Bonchev–Trinajstić information content (AvgIpc) is 2.98. The minimum Gasteiger partial charge on any atom is -0.307 e. The fourth-order valence-corrected chi connectivity index (χ4v) is 3.01. The van der Waals surface area contributed by atoms with E-state index < -0.39 is 0 Å². The number of likely N-dealkylation sites (tertiary alicyclic amines) is 1. The topological polar surface area (TPSA) is 28.2 Å². The smallest absolute Gasteiger partial charge is 0.0619 e. The number of benzene rings is 1. The van der Waals surface area contributed by atoms with E-state index in [4.69, 9.17) is 0 Å². The maximum atomic E-state index is 4.53. The molecule has 0 aliphatic carbocycles. The number of aromatic nitrogens is 1. The van der Waals surface area contributed by atoms with Gasteiger partial charge in [-0.15, -0.1) is 0 Å². The van der Waals surface area contributed by atoms with E-state index >= 15 is 0 Å². The largest absolute Gasteiger partial charge is 0.307 e. The second kappa shape index (κ2) is 6.33. The molecule has 1 aliphatic rings. The molecule has 1 N–H and O–H groups in total. The van der Waals surface area contributed by atoms with Crippen molar-refractivity contribution in [3.63, 3.8) is 0 Å². The SMILES string of the molecule is CC(CN1CCCC1)NCc1nccc2ccccc12. The molecule has 3 rings (SSSR count). The molecule has 1 aromatic heterocycles. The van der Waals surface area contributed by atoms with Gasteiger partial charge in [-0.05, 0) is 44.3 Å². The monoisotopic (exact) mass is 269 g/mol. The Morgan fingerprint density at radius 2 is 2.00 bits per heavy atom. The van der Waals surface area contributed by atoms with Gasteiger partial charge in [0.1, 0.15) is 0 Å². The van der Waals surface area contributed by atoms with E-state index in [1.54, 1.807) is 0 Å². The van der Waals surface area contributed by atoms with Crippen molar-refractivity contribution in [3.8, 4) is 0 Å². The molecule has 0 radical (unpaired) electrons. The highest BCUT2D eigenvalue weighted by Gasteiger charge is 2.14. The van der Waals surface area contributed by atoms with Crippen LogP contribution in [0.1, 0.15) is 25.5 Å². The summed E-state index contributed by atoms with van der Waals surface area (Å²) in [5.74, 6) is 0. The maximum absolute atomic E-state index is 4.53. The standard InChI is InChI=1S/C17H23N3/c1-14(13-20-10-4-5-11-20)19-12-17-16-7-3-2-6-15(16)8-9-18-17/h2-3,6-9,14,19H,4-5,10-13H2,1H3. The van der Waals surface area contributed by atoms with Gasteiger partial charge in [-0.3, -0.25) is 4.98 Å². The Bertz CT molecular complexity index is 556. The van der Waals surface area contributed by atoms with E-state index in [2.05, 4.69) is 52.5 Å². The number of hydrogen-bond acceptors (Lipinski definition) is 3. The Kier molecular flexibility index (Phi) is 4.28. The molecule has 2 aromatic rings. The Balaban J connectivity index is 1.61. The second-order valence-corrected chi connectivity index (χ2v) is 5.77. The van der Waals surface area contributed by atoms with Crippen molar-refractivity contribution >= 4 is 10.8 Å². The van der Waals surface area contributed by atoms with E-state index in [0.717, 1.165) is 18.8 Å². The van der Waals surface area contributed by atoms with Crippen LogP contribution in [0.2, 0.25) is 0 Å². The molecule has 0 spiro atoms. The molecule has 0 bridgehead atoms. The van der Waals surface area contributed by atoms with E-state index in [1.807, 2.05) is 6.20 Å². The van der Waals surface area contributed by atoms with Crippen LogP contribution in [0.25, 0.3) is 10.8 Å². The zero-order valence-corrected chi connectivity index (χ0v) is 12.2. The molecule has 106 valence electrons. The molecule has 3 nitrogen and oxygen atoms in total. The summed E-state index contributed by atoms with van der Waals surface area (Å²) in [4.78, 5) is 7.08. The zero-order chi connectivity index (χ0) is 13.8. The molecule has 1 fully saturated rings. The summed E-state index contributed by atoms with van der Waals surface area (Å²) in [6.07, 6.45) is 4.62. The normalized spacial score (nSPS) is 17.6. The van der Waals surface area contributed by atoms with Gasteiger partial charge in [0.2, 0.25) is 0 Å². The van der Waals surface area contributed by atoms with Crippen LogP contribution in [0, 0.1) is 0 Å². The van der Waals surface area contributed by atoms with Crippen molar-refractivity contribution in [1.29, 1.82) is 0 Å². The van der Waals surface area contributed by atoms with Crippen LogP contribution in [-0.2, 0) is 6.54 Å². The molecule has 1 saturated heterocycles. The van der Waals surface area contributed by atoms with Crippen molar-refractivity contribution in [2.24, 2.45) is 0 Å². The minimum atomic E-state index is 0.508. The van der Waals surface area contributed by atoms with Crippen LogP contribution in [-0.4, -0.2) is 35.6 Å². The molecule has 20 heavy (non-hydrogen) atoms. The predicted molar refractivity (Wildman–Crippen MR) is 83.7 cm³/mol. The van der Waals surface area contributed by atoms with E-state index in [0.29, 0.717) is 6.04 Å². The molecule has 0 saturated carbocycles. The molecule has 2 heterocycles. The van der Waals surface area contributed by atoms with Crippen molar-refractivity contribution < 1.29 is 0 Å². The van der Waals surface area contributed by atoms with Crippen molar-refractivity contribution in [2.45, 2.75) is 32.4 Å². The van der Waals surface area contributed by atoms with Gasteiger partial charge in [0, 0.05) is 30.7 Å². The number of pyridine rings is 1. The highest BCUT2D eigenvalue weighted by Crippen LogP contribution is 2.16. The first-order valence-electron chi connectivity index (χ1n) is 7.61. The van der Waals surface area contributed by atoms with Gasteiger partial charge >= 0.3 is 0 Å². The van der Waals surface area contributed by atoms with Crippen molar-refractivity contribution in [3.05, 3.63) is 42.2 Å². The molecule has 1 aromatic carbocycles. The maximum Gasteiger partial charge on any atom is 0.0619 e. The van der Waals surface area contributed by atoms with Crippen LogP contribution in [0.4, 0.5) is 0 Å². The molecular formula is C17H23N3. The summed E-state index contributed by atoms with van der Waals surface area (Å²) < 4.78 is 0. The predicted octanol–water partition coefficient (Wildman–Crippen LogP) is 2.81. The number of nitrogens with zero attached hydrogens (tertiary/aromatic N) is 2. The minimum absolute atomic E-state index is 0.508. The highest BCUT2D eigenvalue weighted by atomic mass is 15.2. The van der Waals surface area contributed by atoms with Gasteiger partial charge in [-0.2, -0.15) is 0 Å². The Hall–Kier alpha value is -1.45. The molecule has 3 heteroatoms. The van der Waals surface area contributed by atoms with Gasteiger partial charge in [0.15, 0.2) is 0 Å². The third-order valence-corrected chi connectivity index (χ3v) is 4.10. The van der Waals surface area contributed by atoms with Gasteiger partial charge < -0.3 is 10.2 Å². The van der Waals surface area contributed by atoms with E-state index in [9.17, 15) is 0 Å². The summed E-state index contributed by atoms with van der Waals surface area (Å²) in [7, 11) is 0. The number of rotatable bonds is 5. The Morgan fingerprint density at radius 1 is 1.20 bits per heavy atom. The number of nitrogens with one attached hydrogen (secondary N) is 1. The van der Waals surface area contributed by atoms with E-state index in [1.165, 1.54) is 36.7 Å². The van der Waals surface area contributed by atoms with Gasteiger partial charge in [0.05, 0.1) is 5.69 Å². The lowest BCUT2D eigenvalue weighted by molar-refractivity contribution is 0.298. The third kappa shape index (κ3) is 3.17. The highest BCUT2D eigenvalue weighted by molar-refractivity contribution is 5.84. The Morgan fingerprint density at radius 3 is 2.85 bits per heavy atom. The fourth-order valence-electron chi connectivity index (χ4n) is 3.01. The summed E-state index contributed by atoms with van der Waals surface area (Å²) in [5, 5.41) is 6.14. The van der Waals surface area contributed by atoms with Crippen molar-refractivity contribution in [2.75, 3.05) is 19.6 Å². The number of hydrogen-bond donors (Lipinski definition) is 1. The lowest BCUT2D eigenvalue weighted by Crippen LogP contribution is -2.37. The summed E-state index contributed by atoms with van der Waals surface area (Å²) in [5.41, 5.74) is 1.15. The van der Waals surface area contributed by atoms with Crippen LogP contribution in [0.5, 0.6) is 0 Å². The first kappa shape index (κ1) is 13.5. The molecule has 1 unspecified atom stereocenters. The molecule has 1 atom stereocenters. The van der Waals surface area contributed by atoms with Gasteiger partial charge in [0.25, 0.3) is 0 Å². The Labute approximate surface area is 121 Å². The lowest BCUT2D eigenvalue weighted by atomic mass is 10.1. The zero-order valence-electron chi connectivity index (χ0n) is 12.2. The lowest BCUT2D eigenvalue weighted by Gasteiger charge is -2.21. The van der Waals surface area contributed by atoms with Crippen LogP contribution in [0.3, 0.4) is 0 Å². The summed E-state index contributed by atoms with van der Waals surface area (Å²) in [6.45, 7) is 6.78. The van der Waals surface area contributed by atoms with E-state index in [-0.39, 0.29) is 0 Å². The molecule has 0 amide bonds. The summed E-state index contributed by atoms with van der Waals surface area (Å²) in [6, 6.07) is 11.1. The van der Waals surface area contributed by atoms with Gasteiger partial charge in [-0.1, -0.05) is 24.3 Å². The van der Waals surface area contributed by atoms with Gasteiger partial charge in [-0.25, -0.2) is 0 Å². The second-order valence-electron chi connectivity index (χ2n) is 5.77. The number of fused-ring (bicyclic) bond motifs is 1. The van der Waals surface area contributed by atoms with Crippen LogP contribution < -0.4 is 5.32 Å². The molecule has 1 aliphatic heterocycles. The fraction of sp³-hybridized carbons (Fsp3) is 0.471. The quantitative estimate of drug-likeness (QED) is 0.904.